The molecule has 0 aliphatic rings. The summed E-state index contributed by atoms with van der Waals surface area (Å²) in [6.45, 7) is 4.27. The number of carbonyl (C=O) groups excluding carboxylic acids is 1. The quantitative estimate of drug-likeness (QED) is 0.724. The van der Waals surface area contributed by atoms with Gasteiger partial charge in [0.2, 0.25) is 5.91 Å². The van der Waals surface area contributed by atoms with Crippen LogP contribution in [0.5, 0.6) is 0 Å². The summed E-state index contributed by atoms with van der Waals surface area (Å²) in [5.41, 5.74) is 0.584. The molecule has 1 aromatic rings. The van der Waals surface area contributed by atoms with E-state index in [4.69, 9.17) is 0 Å². The van der Waals surface area contributed by atoms with Gasteiger partial charge in [-0.05, 0) is 23.7 Å². The number of rotatable bonds is 8. The molecule has 0 spiro atoms. The van der Waals surface area contributed by atoms with E-state index in [9.17, 15) is 14.7 Å². The summed E-state index contributed by atoms with van der Waals surface area (Å²) >= 11 is 1.53. The van der Waals surface area contributed by atoms with Crippen molar-refractivity contribution in [3.05, 3.63) is 35.9 Å². The third kappa shape index (κ3) is 6.10. The summed E-state index contributed by atoms with van der Waals surface area (Å²) in [6, 6.07) is 7.75. The van der Waals surface area contributed by atoms with Gasteiger partial charge in [-0.15, -0.1) is 0 Å². The van der Waals surface area contributed by atoms with E-state index in [-0.39, 0.29) is 5.91 Å². The first-order valence-corrected chi connectivity index (χ1v) is 7.81. The molecule has 20 heavy (non-hydrogen) atoms. The SMILES string of the molecule is CC(C)CCSCC(=O)NC(C(=O)O)c1ccccc1. The first kappa shape index (κ1) is 16.6. The smallest absolute Gasteiger partial charge is 0.330 e. The van der Waals surface area contributed by atoms with Gasteiger partial charge in [-0.3, -0.25) is 4.79 Å². The predicted octanol–water partition coefficient (Wildman–Crippen LogP) is 2.71. The molecule has 0 saturated heterocycles. The average molecular weight is 295 g/mol. The summed E-state index contributed by atoms with van der Waals surface area (Å²) in [7, 11) is 0. The second-order valence-electron chi connectivity index (χ2n) is 4.98. The van der Waals surface area contributed by atoms with E-state index in [2.05, 4.69) is 19.2 Å². The van der Waals surface area contributed by atoms with E-state index in [0.29, 0.717) is 17.2 Å². The molecule has 1 amide bonds. The van der Waals surface area contributed by atoms with E-state index in [0.717, 1.165) is 12.2 Å². The normalized spacial score (nSPS) is 12.2. The molecule has 1 aromatic carbocycles. The standard InChI is InChI=1S/C15H21NO3S/c1-11(2)8-9-20-10-13(17)16-14(15(18)19)12-6-4-3-5-7-12/h3-7,11,14H,8-10H2,1-2H3,(H,16,17)(H,18,19). The Morgan fingerprint density at radius 2 is 1.90 bits per heavy atom. The van der Waals surface area contributed by atoms with Gasteiger partial charge in [-0.25, -0.2) is 4.79 Å². The van der Waals surface area contributed by atoms with Crippen molar-refractivity contribution in [3.63, 3.8) is 0 Å². The molecule has 0 bridgehead atoms. The van der Waals surface area contributed by atoms with Crippen LogP contribution in [0.25, 0.3) is 0 Å². The first-order chi connectivity index (χ1) is 9.50. The maximum absolute atomic E-state index is 11.8. The van der Waals surface area contributed by atoms with Gasteiger partial charge in [-0.1, -0.05) is 44.2 Å². The number of nitrogens with one attached hydrogen (secondary N) is 1. The summed E-state index contributed by atoms with van der Waals surface area (Å²) in [5, 5.41) is 11.8. The van der Waals surface area contributed by atoms with E-state index in [1.54, 1.807) is 24.3 Å². The van der Waals surface area contributed by atoms with Gasteiger partial charge in [0.1, 0.15) is 0 Å². The molecule has 0 aliphatic heterocycles. The highest BCUT2D eigenvalue weighted by Gasteiger charge is 2.21. The highest BCUT2D eigenvalue weighted by molar-refractivity contribution is 7.99. The van der Waals surface area contributed by atoms with Gasteiger partial charge >= 0.3 is 5.97 Å². The van der Waals surface area contributed by atoms with Crippen molar-refractivity contribution in [3.8, 4) is 0 Å². The van der Waals surface area contributed by atoms with Crippen LogP contribution in [0.4, 0.5) is 0 Å². The average Bonchev–Trinajstić information content (AvgIpc) is 2.41. The number of amides is 1. The lowest BCUT2D eigenvalue weighted by Gasteiger charge is -2.14. The molecule has 0 fully saturated rings. The Hall–Kier alpha value is -1.49. The van der Waals surface area contributed by atoms with Crippen LogP contribution < -0.4 is 5.32 Å². The lowest BCUT2D eigenvalue weighted by molar-refractivity contribution is -0.141. The van der Waals surface area contributed by atoms with E-state index in [1.165, 1.54) is 11.8 Å². The Morgan fingerprint density at radius 3 is 2.45 bits per heavy atom. The number of hydrogen-bond donors (Lipinski definition) is 2. The highest BCUT2D eigenvalue weighted by atomic mass is 32.2. The lowest BCUT2D eigenvalue weighted by Crippen LogP contribution is -2.34. The van der Waals surface area contributed by atoms with Gasteiger partial charge in [0, 0.05) is 0 Å². The highest BCUT2D eigenvalue weighted by Crippen LogP contribution is 2.14. The number of aliphatic carboxylic acids is 1. The van der Waals surface area contributed by atoms with Gasteiger partial charge in [0.15, 0.2) is 6.04 Å². The van der Waals surface area contributed by atoms with Gasteiger partial charge in [-0.2, -0.15) is 11.8 Å². The van der Waals surface area contributed by atoms with Gasteiger partial charge in [0.25, 0.3) is 0 Å². The molecular weight excluding hydrogens is 274 g/mol. The van der Waals surface area contributed by atoms with Gasteiger partial charge in [0.05, 0.1) is 5.75 Å². The van der Waals surface area contributed by atoms with E-state index < -0.39 is 12.0 Å². The minimum absolute atomic E-state index is 0.241. The van der Waals surface area contributed by atoms with Crippen molar-refractivity contribution in [1.82, 2.24) is 5.32 Å². The Bertz CT molecular complexity index is 434. The molecule has 2 N–H and O–H groups in total. The van der Waals surface area contributed by atoms with Crippen molar-refractivity contribution in [2.24, 2.45) is 5.92 Å². The first-order valence-electron chi connectivity index (χ1n) is 6.65. The molecule has 0 radical (unpaired) electrons. The number of thioether (sulfide) groups is 1. The Kier molecular flexibility index (Phi) is 7.15. The third-order valence-corrected chi connectivity index (χ3v) is 3.75. The van der Waals surface area contributed by atoms with Gasteiger partial charge < -0.3 is 10.4 Å². The van der Waals surface area contributed by atoms with Crippen LogP contribution >= 0.6 is 11.8 Å². The fraction of sp³-hybridized carbons (Fsp3) is 0.467. The monoisotopic (exact) mass is 295 g/mol. The fourth-order valence-corrected chi connectivity index (χ4v) is 2.67. The molecule has 1 unspecified atom stereocenters. The number of carboxylic acids is 1. The zero-order valence-corrected chi connectivity index (χ0v) is 12.7. The van der Waals surface area contributed by atoms with Crippen LogP contribution in [0.15, 0.2) is 30.3 Å². The number of carboxylic acid groups (broad SMARTS) is 1. The molecular formula is C15H21NO3S. The van der Waals surface area contributed by atoms with Crippen LogP contribution in [0.1, 0.15) is 31.9 Å². The van der Waals surface area contributed by atoms with Crippen LogP contribution in [-0.2, 0) is 9.59 Å². The maximum Gasteiger partial charge on any atom is 0.330 e. The second kappa shape index (κ2) is 8.64. The van der Waals surface area contributed by atoms with Crippen molar-refractivity contribution < 1.29 is 14.7 Å². The maximum atomic E-state index is 11.8. The summed E-state index contributed by atoms with van der Waals surface area (Å²) < 4.78 is 0. The molecule has 1 rings (SSSR count). The Morgan fingerprint density at radius 1 is 1.25 bits per heavy atom. The van der Waals surface area contributed by atoms with Crippen molar-refractivity contribution >= 4 is 23.6 Å². The second-order valence-corrected chi connectivity index (χ2v) is 6.09. The fourth-order valence-electron chi connectivity index (χ4n) is 1.62. The van der Waals surface area contributed by atoms with Crippen LogP contribution in [0.2, 0.25) is 0 Å². The molecule has 0 aromatic heterocycles. The molecule has 5 heteroatoms. The molecule has 110 valence electrons. The molecule has 1 atom stereocenters. The topological polar surface area (TPSA) is 66.4 Å². The Labute approximate surface area is 124 Å². The third-order valence-electron chi connectivity index (χ3n) is 2.76. The van der Waals surface area contributed by atoms with Crippen LogP contribution in [-0.4, -0.2) is 28.5 Å². The molecule has 0 aliphatic carbocycles. The van der Waals surface area contributed by atoms with Crippen LogP contribution in [0.3, 0.4) is 0 Å². The minimum atomic E-state index is -1.04. The van der Waals surface area contributed by atoms with Crippen molar-refractivity contribution in [2.75, 3.05) is 11.5 Å². The van der Waals surface area contributed by atoms with Crippen molar-refractivity contribution in [2.45, 2.75) is 26.3 Å². The number of carbonyl (C=O) groups is 2. The molecule has 0 heterocycles. The zero-order chi connectivity index (χ0) is 15.0. The summed E-state index contributed by atoms with van der Waals surface area (Å²) in [4.78, 5) is 23.0. The summed E-state index contributed by atoms with van der Waals surface area (Å²) in [6.07, 6.45) is 1.05. The van der Waals surface area contributed by atoms with Crippen LogP contribution in [0, 0.1) is 5.92 Å². The zero-order valence-electron chi connectivity index (χ0n) is 11.8. The number of hydrogen-bond acceptors (Lipinski definition) is 3. The molecule has 0 saturated carbocycles. The summed E-state index contributed by atoms with van der Waals surface area (Å²) in [5.74, 6) is 0.533. The minimum Gasteiger partial charge on any atom is -0.479 e. The van der Waals surface area contributed by atoms with Crippen molar-refractivity contribution in [1.29, 1.82) is 0 Å². The lowest BCUT2D eigenvalue weighted by atomic mass is 10.1. The number of benzene rings is 1. The molecule has 4 nitrogen and oxygen atoms in total. The van der Waals surface area contributed by atoms with E-state index >= 15 is 0 Å². The largest absolute Gasteiger partial charge is 0.479 e. The Balaban J connectivity index is 2.46. The van der Waals surface area contributed by atoms with E-state index in [1.807, 2.05) is 6.07 Å². The predicted molar refractivity (Wildman–Crippen MR) is 81.7 cm³/mol.